The summed E-state index contributed by atoms with van der Waals surface area (Å²) in [5, 5.41) is 6.50. The van der Waals surface area contributed by atoms with Crippen LogP contribution in [0.4, 0.5) is 20.0 Å². The predicted molar refractivity (Wildman–Crippen MR) is 123 cm³/mol. The van der Waals surface area contributed by atoms with Gasteiger partial charge in [0.15, 0.2) is 5.82 Å². The first kappa shape index (κ1) is 22.6. The van der Waals surface area contributed by atoms with Crippen molar-refractivity contribution in [3.63, 3.8) is 0 Å². The maximum atomic E-state index is 14.9. The number of nitrogens with zero attached hydrogens (tertiary/aromatic N) is 3. The number of cyclic esters (lactones) is 1. The molecular weight excluding hydrogens is 447 g/mol. The number of ether oxygens (including phenoxy) is 1. The summed E-state index contributed by atoms with van der Waals surface area (Å²) in [4.78, 5) is 28.8. The number of halogens is 1. The number of amides is 2. The first-order valence-corrected chi connectivity index (χ1v) is 11.1. The van der Waals surface area contributed by atoms with Crippen molar-refractivity contribution >= 4 is 34.4 Å². The average Bonchev–Trinajstić information content (AvgIpc) is 3.43. The van der Waals surface area contributed by atoms with Gasteiger partial charge >= 0.3 is 6.09 Å². The molecule has 1 unspecified atom stereocenters. The number of hydrogen-bond donors (Lipinski definition) is 3. The van der Waals surface area contributed by atoms with E-state index in [-0.39, 0.29) is 19.0 Å². The van der Waals surface area contributed by atoms with E-state index >= 15 is 0 Å². The molecule has 1 atom stereocenters. The fourth-order valence-electron chi connectivity index (χ4n) is 3.39. The molecule has 0 aliphatic carbocycles. The highest BCUT2D eigenvalue weighted by Gasteiger charge is 2.32. The molecule has 0 radical (unpaired) electrons. The molecular formula is C22H23FN6O3S. The molecule has 4 rings (SSSR count). The van der Waals surface area contributed by atoms with Gasteiger partial charge in [-0.15, -0.1) is 0 Å². The summed E-state index contributed by atoms with van der Waals surface area (Å²) in [7, 11) is 0. The Morgan fingerprint density at radius 2 is 2.09 bits per heavy atom. The Morgan fingerprint density at radius 1 is 1.30 bits per heavy atom. The van der Waals surface area contributed by atoms with Crippen molar-refractivity contribution in [3.05, 3.63) is 59.7 Å². The van der Waals surface area contributed by atoms with E-state index in [1.807, 2.05) is 24.3 Å². The van der Waals surface area contributed by atoms with Crippen LogP contribution in [0.2, 0.25) is 0 Å². The Labute approximate surface area is 193 Å². The van der Waals surface area contributed by atoms with Crippen LogP contribution in [0.1, 0.15) is 18.3 Å². The normalized spacial score (nSPS) is 15.4. The van der Waals surface area contributed by atoms with Gasteiger partial charge in [0.1, 0.15) is 11.9 Å². The van der Waals surface area contributed by atoms with E-state index in [1.54, 1.807) is 12.1 Å². The van der Waals surface area contributed by atoms with Crippen LogP contribution in [0.25, 0.3) is 11.1 Å². The van der Waals surface area contributed by atoms with Gasteiger partial charge in [0.25, 0.3) is 0 Å². The Balaban J connectivity index is 1.40. The van der Waals surface area contributed by atoms with Crippen LogP contribution in [-0.2, 0) is 22.6 Å². The lowest BCUT2D eigenvalue weighted by atomic mass is 10.0. The third-order valence-electron chi connectivity index (χ3n) is 5.08. The van der Waals surface area contributed by atoms with E-state index in [0.717, 1.165) is 11.1 Å². The van der Waals surface area contributed by atoms with Crippen molar-refractivity contribution < 1.29 is 18.7 Å². The van der Waals surface area contributed by atoms with Crippen molar-refractivity contribution in [1.29, 1.82) is 0 Å². The van der Waals surface area contributed by atoms with Crippen molar-refractivity contribution in [2.24, 2.45) is 5.73 Å². The third kappa shape index (κ3) is 5.44. The zero-order valence-corrected chi connectivity index (χ0v) is 18.7. The number of nitrogens with two attached hydrogens (primary N) is 1. The second kappa shape index (κ2) is 9.92. The van der Waals surface area contributed by atoms with E-state index in [1.165, 1.54) is 29.4 Å². The number of aromatic nitrogens is 2. The molecule has 172 valence electrons. The molecule has 2 amide bonds. The lowest BCUT2D eigenvalue weighted by molar-refractivity contribution is -0.119. The number of rotatable bonds is 8. The standard InChI is InChI=1S/C22H23FN6O3S/c1-13(30)25-11-17-12-29(22(31)32-17)16-6-7-18(19(23)8-16)15-4-2-14(3-5-15)10-26-21-27-20(9-24)28-33-21/h2-8,17H,9-12,24H2,1H3,(H,25,30)(H,26,27,28). The summed E-state index contributed by atoms with van der Waals surface area (Å²) in [5.41, 5.74) is 8.07. The highest BCUT2D eigenvalue weighted by Crippen LogP contribution is 2.29. The Morgan fingerprint density at radius 3 is 2.76 bits per heavy atom. The molecule has 0 spiro atoms. The van der Waals surface area contributed by atoms with Gasteiger partial charge in [0.2, 0.25) is 11.0 Å². The van der Waals surface area contributed by atoms with Crippen LogP contribution in [-0.4, -0.2) is 40.6 Å². The van der Waals surface area contributed by atoms with E-state index < -0.39 is 18.0 Å². The summed E-state index contributed by atoms with van der Waals surface area (Å²) >= 11 is 1.25. The predicted octanol–water partition coefficient (Wildman–Crippen LogP) is 2.88. The van der Waals surface area contributed by atoms with E-state index in [0.29, 0.717) is 35.3 Å². The van der Waals surface area contributed by atoms with Crippen LogP contribution < -0.4 is 21.3 Å². The number of nitrogens with one attached hydrogen (secondary N) is 2. The molecule has 1 aliphatic heterocycles. The molecule has 4 N–H and O–H groups in total. The molecule has 0 saturated carbocycles. The second-order valence-electron chi connectivity index (χ2n) is 7.49. The Kier molecular flexibility index (Phi) is 6.80. The second-order valence-corrected chi connectivity index (χ2v) is 8.24. The zero-order chi connectivity index (χ0) is 23.4. The smallest absolute Gasteiger partial charge is 0.414 e. The van der Waals surface area contributed by atoms with Crippen molar-refractivity contribution in [3.8, 4) is 11.1 Å². The lowest BCUT2D eigenvalue weighted by Gasteiger charge is -2.15. The molecule has 11 heteroatoms. The highest BCUT2D eigenvalue weighted by molar-refractivity contribution is 7.09. The SMILES string of the molecule is CC(=O)NCC1CN(c2ccc(-c3ccc(CNc4nc(CN)ns4)cc3)c(F)c2)C(=O)O1. The summed E-state index contributed by atoms with van der Waals surface area (Å²) in [6, 6.07) is 12.1. The molecule has 9 nitrogen and oxygen atoms in total. The number of benzene rings is 2. The maximum absolute atomic E-state index is 14.9. The minimum Gasteiger partial charge on any atom is -0.442 e. The van der Waals surface area contributed by atoms with Gasteiger partial charge in [-0.2, -0.15) is 4.37 Å². The van der Waals surface area contributed by atoms with Crippen LogP contribution >= 0.6 is 11.5 Å². The number of carbonyl (C=O) groups excluding carboxylic acids is 2. The lowest BCUT2D eigenvalue weighted by Crippen LogP contribution is -2.33. The van der Waals surface area contributed by atoms with Crippen molar-refractivity contribution in [2.45, 2.75) is 26.1 Å². The van der Waals surface area contributed by atoms with Crippen LogP contribution in [0.3, 0.4) is 0 Å². The largest absolute Gasteiger partial charge is 0.442 e. The number of hydrogen-bond acceptors (Lipinski definition) is 8. The first-order chi connectivity index (χ1) is 15.9. The fourth-order valence-corrected chi connectivity index (χ4v) is 3.98. The molecule has 3 aromatic rings. The van der Waals surface area contributed by atoms with Gasteiger partial charge in [0.05, 0.1) is 25.3 Å². The van der Waals surface area contributed by atoms with Crippen LogP contribution in [0, 0.1) is 5.82 Å². The average molecular weight is 471 g/mol. The number of carbonyl (C=O) groups is 2. The summed E-state index contributed by atoms with van der Waals surface area (Å²) in [6.07, 6.45) is -1.05. The van der Waals surface area contributed by atoms with E-state index in [4.69, 9.17) is 10.5 Å². The van der Waals surface area contributed by atoms with Crippen LogP contribution in [0.15, 0.2) is 42.5 Å². The quantitative estimate of drug-likeness (QED) is 0.463. The van der Waals surface area contributed by atoms with Crippen LogP contribution in [0.5, 0.6) is 0 Å². The number of anilines is 2. The molecule has 1 saturated heterocycles. The summed E-state index contributed by atoms with van der Waals surface area (Å²) in [6.45, 7) is 2.70. The Hall–Kier alpha value is -3.57. The molecule has 2 aromatic carbocycles. The molecule has 1 aliphatic rings. The minimum atomic E-state index is -0.566. The minimum absolute atomic E-state index is 0.206. The Bertz CT molecular complexity index is 1150. The van der Waals surface area contributed by atoms with Crippen molar-refractivity contribution in [1.82, 2.24) is 14.7 Å². The van der Waals surface area contributed by atoms with E-state index in [2.05, 4.69) is 20.0 Å². The molecule has 1 aromatic heterocycles. The third-order valence-corrected chi connectivity index (χ3v) is 5.79. The summed E-state index contributed by atoms with van der Waals surface area (Å²) < 4.78 is 24.3. The van der Waals surface area contributed by atoms with Gasteiger partial charge < -0.3 is 21.1 Å². The molecule has 2 heterocycles. The van der Waals surface area contributed by atoms with Gasteiger partial charge in [-0.1, -0.05) is 24.3 Å². The van der Waals surface area contributed by atoms with Gasteiger partial charge in [-0.25, -0.2) is 14.2 Å². The van der Waals surface area contributed by atoms with Crippen molar-refractivity contribution in [2.75, 3.05) is 23.3 Å². The molecule has 1 fully saturated rings. The van der Waals surface area contributed by atoms with Gasteiger partial charge in [-0.05, 0) is 29.3 Å². The highest BCUT2D eigenvalue weighted by atomic mass is 32.1. The summed E-state index contributed by atoms with van der Waals surface area (Å²) in [5.74, 6) is -0.0514. The van der Waals surface area contributed by atoms with Gasteiger partial charge in [0, 0.05) is 30.6 Å². The molecule has 33 heavy (non-hydrogen) atoms. The first-order valence-electron chi connectivity index (χ1n) is 10.3. The van der Waals surface area contributed by atoms with E-state index in [9.17, 15) is 14.0 Å². The van der Waals surface area contributed by atoms with Gasteiger partial charge in [-0.3, -0.25) is 9.69 Å². The maximum Gasteiger partial charge on any atom is 0.414 e. The fraction of sp³-hybridized carbons (Fsp3) is 0.273. The monoisotopic (exact) mass is 470 g/mol. The topological polar surface area (TPSA) is 122 Å². The molecule has 0 bridgehead atoms. The zero-order valence-electron chi connectivity index (χ0n) is 17.9.